The minimum atomic E-state index is -1.39. The fourth-order valence-electron chi connectivity index (χ4n) is 4.94. The van der Waals surface area contributed by atoms with Gasteiger partial charge >= 0.3 is 5.97 Å². The number of hydrogen-bond acceptors (Lipinski definition) is 5. The monoisotopic (exact) mass is 530 g/mol. The molecule has 1 fully saturated rings. The molecule has 0 bridgehead atoms. The SMILES string of the molecule is COc1ccc2ncc(Cl)c(C(F)CCC3(C(=O)O)CCN(CCSc4ccccc4C)CC3)c2c1. The van der Waals surface area contributed by atoms with Crippen molar-refractivity contribution in [2.24, 2.45) is 5.41 Å². The van der Waals surface area contributed by atoms with Gasteiger partial charge in [0.1, 0.15) is 11.9 Å². The molecule has 192 valence electrons. The van der Waals surface area contributed by atoms with Crippen molar-refractivity contribution in [1.82, 2.24) is 9.88 Å². The molecule has 1 atom stereocenters. The number of methoxy groups -OCH3 is 1. The van der Waals surface area contributed by atoms with E-state index >= 15 is 4.39 Å². The molecule has 0 amide bonds. The minimum absolute atomic E-state index is 0.0888. The maximum atomic E-state index is 15.6. The van der Waals surface area contributed by atoms with Crippen LogP contribution in [0.15, 0.2) is 53.6 Å². The second-order valence-electron chi connectivity index (χ2n) is 9.45. The number of aromatic nitrogens is 1. The lowest BCUT2D eigenvalue weighted by Gasteiger charge is -2.39. The molecule has 2 heterocycles. The van der Waals surface area contributed by atoms with Gasteiger partial charge in [0.25, 0.3) is 0 Å². The molecule has 1 unspecified atom stereocenters. The summed E-state index contributed by atoms with van der Waals surface area (Å²) >= 11 is 8.20. The molecule has 0 spiro atoms. The number of rotatable bonds is 10. The Morgan fingerprint density at radius 1 is 1.28 bits per heavy atom. The lowest BCUT2D eigenvalue weighted by Crippen LogP contribution is -2.45. The number of carboxylic acids is 1. The highest BCUT2D eigenvalue weighted by molar-refractivity contribution is 7.99. The number of carbonyl (C=O) groups is 1. The second kappa shape index (κ2) is 11.8. The van der Waals surface area contributed by atoms with E-state index < -0.39 is 17.6 Å². The number of thioether (sulfide) groups is 1. The van der Waals surface area contributed by atoms with Crippen LogP contribution in [0.3, 0.4) is 0 Å². The minimum Gasteiger partial charge on any atom is -0.497 e. The van der Waals surface area contributed by atoms with Crippen molar-refractivity contribution in [2.75, 3.05) is 32.5 Å². The smallest absolute Gasteiger partial charge is 0.309 e. The average molecular weight is 531 g/mol. The van der Waals surface area contributed by atoms with Gasteiger partial charge in [-0.25, -0.2) is 4.39 Å². The number of fused-ring (bicyclic) bond motifs is 1. The molecule has 1 saturated heterocycles. The van der Waals surface area contributed by atoms with E-state index in [1.165, 1.54) is 16.7 Å². The predicted molar refractivity (Wildman–Crippen MR) is 144 cm³/mol. The van der Waals surface area contributed by atoms with E-state index in [1.54, 1.807) is 25.3 Å². The summed E-state index contributed by atoms with van der Waals surface area (Å²) in [6.07, 6.45) is 1.45. The normalized spacial score (nSPS) is 16.7. The van der Waals surface area contributed by atoms with Crippen LogP contribution in [0.5, 0.6) is 5.75 Å². The largest absolute Gasteiger partial charge is 0.497 e. The van der Waals surface area contributed by atoms with Crippen molar-refractivity contribution < 1.29 is 19.0 Å². The number of piperidine rings is 1. The molecule has 1 aromatic heterocycles. The van der Waals surface area contributed by atoms with Crippen LogP contribution in [0.2, 0.25) is 5.02 Å². The highest BCUT2D eigenvalue weighted by atomic mass is 35.5. The van der Waals surface area contributed by atoms with E-state index in [-0.39, 0.29) is 17.9 Å². The molecule has 0 radical (unpaired) electrons. The third-order valence-electron chi connectivity index (χ3n) is 7.28. The number of aliphatic carboxylic acids is 1. The number of aryl methyl sites for hydroxylation is 1. The van der Waals surface area contributed by atoms with Gasteiger partial charge in [-0.2, -0.15) is 0 Å². The zero-order valence-corrected chi connectivity index (χ0v) is 22.2. The van der Waals surface area contributed by atoms with Crippen LogP contribution >= 0.6 is 23.4 Å². The Kier molecular flexibility index (Phi) is 8.75. The first-order valence-electron chi connectivity index (χ1n) is 12.2. The Balaban J connectivity index is 1.38. The van der Waals surface area contributed by atoms with Crippen molar-refractivity contribution in [2.45, 2.75) is 43.7 Å². The van der Waals surface area contributed by atoms with Gasteiger partial charge < -0.3 is 14.7 Å². The molecular formula is C28H32ClFN2O3S. The number of pyridine rings is 1. The molecule has 1 aliphatic rings. The molecule has 5 nitrogen and oxygen atoms in total. The van der Waals surface area contributed by atoms with Crippen molar-refractivity contribution >= 4 is 40.2 Å². The Morgan fingerprint density at radius 3 is 2.72 bits per heavy atom. The highest BCUT2D eigenvalue weighted by Crippen LogP contribution is 2.42. The van der Waals surface area contributed by atoms with Gasteiger partial charge in [0.2, 0.25) is 0 Å². The molecule has 4 rings (SSSR count). The number of ether oxygens (including phenoxy) is 1. The van der Waals surface area contributed by atoms with E-state index in [9.17, 15) is 9.90 Å². The van der Waals surface area contributed by atoms with Gasteiger partial charge in [0.15, 0.2) is 0 Å². The Bertz CT molecular complexity index is 1220. The number of halogens is 2. The maximum absolute atomic E-state index is 15.6. The summed E-state index contributed by atoms with van der Waals surface area (Å²) in [5.41, 5.74) is 1.33. The lowest BCUT2D eigenvalue weighted by atomic mass is 9.74. The number of carboxylic acid groups (broad SMARTS) is 1. The van der Waals surface area contributed by atoms with E-state index in [0.717, 1.165) is 12.3 Å². The molecule has 1 aliphatic heterocycles. The summed E-state index contributed by atoms with van der Waals surface area (Å²) in [4.78, 5) is 20.2. The predicted octanol–water partition coefficient (Wildman–Crippen LogP) is 6.96. The van der Waals surface area contributed by atoms with E-state index in [1.807, 2.05) is 23.9 Å². The Morgan fingerprint density at radius 2 is 2.03 bits per heavy atom. The van der Waals surface area contributed by atoms with Crippen LogP contribution < -0.4 is 4.74 Å². The van der Waals surface area contributed by atoms with E-state index in [0.29, 0.717) is 48.1 Å². The molecule has 0 aliphatic carbocycles. The van der Waals surface area contributed by atoms with E-state index in [4.69, 9.17) is 16.3 Å². The number of hydrogen-bond donors (Lipinski definition) is 1. The molecule has 1 N–H and O–H groups in total. The standard InChI is InChI=1S/C28H32ClFN2O3S/c1-19-5-3-4-6-25(19)36-16-15-32-13-11-28(12-14-32,27(33)34)10-9-23(30)26-21-17-20(35-2)7-8-24(21)31-18-22(26)29/h3-8,17-18,23H,9-16H2,1-2H3,(H,33,34). The molecule has 3 aromatic rings. The zero-order chi connectivity index (χ0) is 25.7. The number of alkyl halides is 1. The number of nitrogens with zero attached hydrogens (tertiary/aromatic N) is 2. The van der Waals surface area contributed by atoms with Crippen LogP contribution in [0.25, 0.3) is 10.9 Å². The summed E-state index contributed by atoms with van der Waals surface area (Å²) in [7, 11) is 1.55. The van der Waals surface area contributed by atoms with Crippen molar-refractivity contribution in [3.05, 3.63) is 64.8 Å². The Labute approximate surface area is 221 Å². The van der Waals surface area contributed by atoms with Crippen LogP contribution in [0.1, 0.15) is 43.0 Å². The first-order chi connectivity index (χ1) is 17.3. The van der Waals surface area contributed by atoms with Gasteiger partial charge in [0, 0.05) is 34.3 Å². The summed E-state index contributed by atoms with van der Waals surface area (Å²) in [5.74, 6) is 0.708. The second-order valence-corrected chi connectivity index (χ2v) is 11.0. The van der Waals surface area contributed by atoms with Crippen LogP contribution in [0.4, 0.5) is 4.39 Å². The zero-order valence-electron chi connectivity index (χ0n) is 20.7. The van der Waals surface area contributed by atoms with Gasteiger partial charge in [-0.3, -0.25) is 9.78 Å². The van der Waals surface area contributed by atoms with Crippen molar-refractivity contribution in [1.29, 1.82) is 0 Å². The summed E-state index contributed by atoms with van der Waals surface area (Å²) < 4.78 is 20.9. The van der Waals surface area contributed by atoms with Crippen LogP contribution in [-0.2, 0) is 4.79 Å². The first kappa shape index (κ1) is 26.7. The maximum Gasteiger partial charge on any atom is 0.309 e. The van der Waals surface area contributed by atoms with Crippen molar-refractivity contribution in [3.8, 4) is 5.75 Å². The van der Waals surface area contributed by atoms with Crippen molar-refractivity contribution in [3.63, 3.8) is 0 Å². The molecule has 0 saturated carbocycles. The molecule has 36 heavy (non-hydrogen) atoms. The van der Waals surface area contributed by atoms with Crippen LogP contribution in [0, 0.1) is 12.3 Å². The summed E-state index contributed by atoms with van der Waals surface area (Å²) in [6.45, 7) is 4.42. The quantitative estimate of drug-likeness (QED) is 0.286. The number of benzene rings is 2. The van der Waals surface area contributed by atoms with Gasteiger partial charge in [0.05, 0.1) is 23.1 Å². The van der Waals surface area contributed by atoms with Gasteiger partial charge in [-0.1, -0.05) is 29.8 Å². The van der Waals surface area contributed by atoms with Gasteiger partial charge in [-0.15, -0.1) is 11.8 Å². The third-order valence-corrected chi connectivity index (χ3v) is 8.74. The third kappa shape index (κ3) is 5.96. The number of likely N-dealkylation sites (tertiary alicyclic amines) is 1. The van der Waals surface area contributed by atoms with Crippen LogP contribution in [-0.4, -0.2) is 53.5 Å². The fourth-order valence-corrected chi connectivity index (χ4v) is 6.25. The lowest BCUT2D eigenvalue weighted by molar-refractivity contribution is -0.153. The molecule has 8 heteroatoms. The summed E-state index contributed by atoms with van der Waals surface area (Å²) in [6, 6.07) is 13.6. The molecule has 2 aromatic carbocycles. The molecular weight excluding hydrogens is 499 g/mol. The average Bonchev–Trinajstić information content (AvgIpc) is 2.88. The van der Waals surface area contributed by atoms with E-state index in [2.05, 4.69) is 28.9 Å². The Hall–Kier alpha value is -2.35. The topological polar surface area (TPSA) is 62.7 Å². The highest BCUT2D eigenvalue weighted by Gasteiger charge is 2.41. The fraction of sp³-hybridized carbons (Fsp3) is 0.429. The first-order valence-corrected chi connectivity index (χ1v) is 13.6. The summed E-state index contributed by atoms with van der Waals surface area (Å²) in [5, 5.41) is 11.0. The van der Waals surface area contributed by atoms with Gasteiger partial charge in [-0.05, 0) is 75.5 Å².